The van der Waals surface area contributed by atoms with Gasteiger partial charge in [-0.1, -0.05) is 19.0 Å². The van der Waals surface area contributed by atoms with Crippen LogP contribution in [0.15, 0.2) is 42.5 Å². The summed E-state index contributed by atoms with van der Waals surface area (Å²) in [6, 6.07) is 10.5. The number of hydrogen-bond acceptors (Lipinski definition) is 5. The van der Waals surface area contributed by atoms with Crippen LogP contribution in [0.2, 0.25) is 5.02 Å². The Morgan fingerprint density at radius 3 is 2.24 bits per heavy atom. The molecule has 2 amide bonds. The van der Waals surface area contributed by atoms with Crippen LogP contribution in [0.1, 0.15) is 38.7 Å². The molecule has 8 nitrogen and oxygen atoms in total. The lowest BCUT2D eigenvalue weighted by Gasteiger charge is -2.35. The van der Waals surface area contributed by atoms with Gasteiger partial charge in [-0.05, 0) is 68.0 Å². The van der Waals surface area contributed by atoms with Gasteiger partial charge >= 0.3 is 12.2 Å². The van der Waals surface area contributed by atoms with Gasteiger partial charge in [0.15, 0.2) is 0 Å². The Labute approximate surface area is 225 Å². The van der Waals surface area contributed by atoms with E-state index in [0.29, 0.717) is 43.4 Å². The summed E-state index contributed by atoms with van der Waals surface area (Å²) in [5.74, 6) is 0.400. The first-order valence-electron chi connectivity index (χ1n) is 12.3. The second-order valence-electron chi connectivity index (χ2n) is 9.49. The number of carbonyl (C=O) groups is 1. The summed E-state index contributed by atoms with van der Waals surface area (Å²) < 4.78 is 39.7. The molecule has 0 spiro atoms. The van der Waals surface area contributed by atoms with Crippen molar-refractivity contribution < 1.29 is 22.9 Å². The number of amides is 2. The fourth-order valence-corrected chi connectivity index (χ4v) is 4.99. The molecular weight excluding hydrogens is 523 g/mol. The van der Waals surface area contributed by atoms with Crippen LogP contribution in [0.3, 0.4) is 0 Å². The van der Waals surface area contributed by atoms with Crippen molar-refractivity contribution in [3.63, 3.8) is 0 Å². The lowest BCUT2D eigenvalue weighted by molar-refractivity contribution is -0.388. The molecule has 12 heteroatoms. The fraction of sp³-hybridized carbons (Fsp3) is 0.500. The summed E-state index contributed by atoms with van der Waals surface area (Å²) in [4.78, 5) is 26.6. The number of halogens is 4. The van der Waals surface area contributed by atoms with Gasteiger partial charge in [0.05, 0.1) is 4.92 Å². The van der Waals surface area contributed by atoms with Gasteiger partial charge in [0.1, 0.15) is 5.56 Å². The van der Waals surface area contributed by atoms with Gasteiger partial charge in [-0.15, -0.1) is 0 Å². The van der Waals surface area contributed by atoms with Crippen molar-refractivity contribution >= 4 is 34.7 Å². The van der Waals surface area contributed by atoms with Crippen molar-refractivity contribution in [1.29, 1.82) is 0 Å². The number of hydrogen-bond donors (Lipinski definition) is 2. The van der Waals surface area contributed by atoms with Crippen molar-refractivity contribution in [1.82, 2.24) is 10.2 Å². The second kappa shape index (κ2) is 12.6. The average Bonchev–Trinajstić information content (AvgIpc) is 2.88. The van der Waals surface area contributed by atoms with E-state index in [1.165, 1.54) is 6.07 Å². The molecule has 2 saturated heterocycles. The Balaban J connectivity index is 0.00000400. The molecule has 0 bridgehead atoms. The van der Waals surface area contributed by atoms with E-state index in [9.17, 15) is 28.1 Å². The Bertz CT molecular complexity index is 1100. The lowest BCUT2D eigenvalue weighted by Crippen LogP contribution is -2.48. The summed E-state index contributed by atoms with van der Waals surface area (Å²) in [5.41, 5.74) is -0.934. The Morgan fingerprint density at radius 1 is 1.03 bits per heavy atom. The molecule has 2 aliphatic heterocycles. The van der Waals surface area contributed by atoms with Crippen LogP contribution in [0.25, 0.3) is 0 Å². The van der Waals surface area contributed by atoms with E-state index in [1.54, 1.807) is 4.90 Å². The normalized spacial score (nSPS) is 17.1. The molecule has 2 aliphatic rings. The smallest absolute Gasteiger partial charge is 0.382 e. The number of nitrogens with zero attached hydrogens (tertiary/aromatic N) is 3. The maximum Gasteiger partial charge on any atom is 0.423 e. The molecule has 0 radical (unpaired) electrons. The van der Waals surface area contributed by atoms with E-state index >= 15 is 0 Å². The first-order chi connectivity index (χ1) is 17.6. The third kappa shape index (κ3) is 7.43. The number of benzene rings is 2. The van der Waals surface area contributed by atoms with Crippen LogP contribution in [0.5, 0.6) is 0 Å². The zero-order valence-electron chi connectivity index (χ0n) is 20.1. The third-order valence-electron chi connectivity index (χ3n) is 7.00. The van der Waals surface area contributed by atoms with Gasteiger partial charge in [-0.3, -0.25) is 10.1 Å². The number of likely N-dealkylation sites (tertiary alicyclic amines) is 1. The summed E-state index contributed by atoms with van der Waals surface area (Å²) in [6.07, 6.45) is -1.75. The Morgan fingerprint density at radius 2 is 1.66 bits per heavy atom. The average molecular weight is 556 g/mol. The van der Waals surface area contributed by atoms with E-state index in [-0.39, 0.29) is 25.2 Å². The summed E-state index contributed by atoms with van der Waals surface area (Å²) >= 11 is 5.96. The molecule has 0 aromatic heterocycles. The number of nitrogens with one attached hydrogen (secondary N) is 2. The molecule has 4 rings (SSSR count). The quantitative estimate of drug-likeness (QED) is 0.318. The van der Waals surface area contributed by atoms with Gasteiger partial charge in [0.2, 0.25) is 0 Å². The Kier molecular flexibility index (Phi) is 9.70. The highest BCUT2D eigenvalue weighted by atomic mass is 35.5. The zero-order chi connectivity index (χ0) is 26.6. The summed E-state index contributed by atoms with van der Waals surface area (Å²) in [7, 11) is 0. The number of alkyl halides is 3. The van der Waals surface area contributed by atoms with E-state index in [0.717, 1.165) is 43.8 Å². The van der Waals surface area contributed by atoms with E-state index in [4.69, 9.17) is 11.6 Å². The number of urea groups is 1. The number of carbonyl (C=O) groups excluding carboxylic acids is 1. The molecule has 2 aromatic rings. The molecule has 208 valence electrons. The van der Waals surface area contributed by atoms with E-state index in [1.807, 2.05) is 24.3 Å². The predicted octanol–water partition coefficient (Wildman–Crippen LogP) is 6.41. The number of nitro groups is 1. The van der Waals surface area contributed by atoms with Crippen LogP contribution in [-0.2, 0) is 6.18 Å². The van der Waals surface area contributed by atoms with Crippen molar-refractivity contribution in [2.45, 2.75) is 45.3 Å². The van der Waals surface area contributed by atoms with Crippen LogP contribution < -0.4 is 15.5 Å². The van der Waals surface area contributed by atoms with Crippen molar-refractivity contribution in [2.75, 3.05) is 42.9 Å². The van der Waals surface area contributed by atoms with Gasteiger partial charge in [-0.25, -0.2) is 4.79 Å². The number of piperidine rings is 2. The van der Waals surface area contributed by atoms with E-state index in [2.05, 4.69) is 15.5 Å². The van der Waals surface area contributed by atoms with Crippen LogP contribution >= 0.6 is 11.6 Å². The van der Waals surface area contributed by atoms with Crippen LogP contribution in [0.4, 0.5) is 35.0 Å². The third-order valence-corrected chi connectivity index (χ3v) is 7.25. The SMILES string of the molecule is C.O=C(NCC1CCN(c2ccc(Cl)cc2)CC1)N1CCC(Nc2ccc([N+](=O)[O-])c(C(F)(F)F)c2)CC1. The largest absolute Gasteiger partial charge is 0.423 e. The zero-order valence-corrected chi connectivity index (χ0v) is 20.9. The molecule has 2 aromatic carbocycles. The molecule has 38 heavy (non-hydrogen) atoms. The molecule has 0 atom stereocenters. The number of nitro benzene ring substituents is 1. The second-order valence-corrected chi connectivity index (χ2v) is 9.92. The van der Waals surface area contributed by atoms with Gasteiger partial charge in [0, 0.05) is 61.2 Å². The van der Waals surface area contributed by atoms with Crippen molar-refractivity contribution in [3.8, 4) is 0 Å². The minimum atomic E-state index is -4.83. The molecule has 2 N–H and O–H groups in total. The molecular formula is C26H33ClF3N5O3. The molecule has 2 heterocycles. The topological polar surface area (TPSA) is 90.8 Å². The van der Waals surface area contributed by atoms with Gasteiger partial charge < -0.3 is 20.4 Å². The predicted molar refractivity (Wildman–Crippen MR) is 143 cm³/mol. The minimum Gasteiger partial charge on any atom is -0.382 e. The lowest BCUT2D eigenvalue weighted by atomic mass is 9.96. The van der Waals surface area contributed by atoms with Crippen LogP contribution in [-0.4, -0.2) is 54.6 Å². The van der Waals surface area contributed by atoms with Crippen molar-refractivity contribution in [3.05, 3.63) is 63.2 Å². The highest BCUT2D eigenvalue weighted by molar-refractivity contribution is 6.30. The minimum absolute atomic E-state index is 0. The summed E-state index contributed by atoms with van der Waals surface area (Å²) in [5, 5.41) is 17.7. The molecule has 0 unspecified atom stereocenters. The maximum absolute atomic E-state index is 13.2. The fourth-order valence-electron chi connectivity index (χ4n) is 4.87. The monoisotopic (exact) mass is 555 g/mol. The molecule has 0 saturated carbocycles. The standard InChI is InChI=1S/C25H29ClF3N5O3.CH4/c26-18-1-4-21(5-2-18)32-11-7-17(8-12-32)16-30-24(35)33-13-9-19(10-14-33)31-20-3-6-23(34(36)37)22(15-20)25(27,28)29;/h1-6,15,17,19,31H,7-14,16H2,(H,30,35);1H4. The summed E-state index contributed by atoms with van der Waals surface area (Å²) in [6.45, 7) is 3.37. The molecule has 2 fully saturated rings. The highest BCUT2D eigenvalue weighted by Gasteiger charge is 2.38. The number of anilines is 2. The first-order valence-corrected chi connectivity index (χ1v) is 12.6. The first kappa shape index (κ1) is 29.3. The number of rotatable bonds is 6. The molecule has 0 aliphatic carbocycles. The van der Waals surface area contributed by atoms with Gasteiger partial charge in [-0.2, -0.15) is 13.2 Å². The van der Waals surface area contributed by atoms with Crippen LogP contribution in [0, 0.1) is 16.0 Å². The van der Waals surface area contributed by atoms with E-state index < -0.39 is 22.4 Å². The highest BCUT2D eigenvalue weighted by Crippen LogP contribution is 2.38. The Hall–Kier alpha value is -3.21. The van der Waals surface area contributed by atoms with Gasteiger partial charge in [0.25, 0.3) is 5.69 Å². The van der Waals surface area contributed by atoms with Crippen molar-refractivity contribution in [2.24, 2.45) is 5.92 Å². The maximum atomic E-state index is 13.2.